The van der Waals surface area contributed by atoms with E-state index in [0.29, 0.717) is 6.61 Å². The van der Waals surface area contributed by atoms with Crippen LogP contribution in [0.5, 0.6) is 11.5 Å². The molecule has 0 bridgehead atoms. The van der Waals surface area contributed by atoms with Crippen molar-refractivity contribution in [3.8, 4) is 11.5 Å². The summed E-state index contributed by atoms with van der Waals surface area (Å²) in [7, 11) is 1.64. The fourth-order valence-corrected chi connectivity index (χ4v) is 1.43. The van der Waals surface area contributed by atoms with E-state index in [1.807, 2.05) is 25.1 Å². The van der Waals surface area contributed by atoms with Gasteiger partial charge in [-0.05, 0) is 31.0 Å². The lowest BCUT2D eigenvalue weighted by Crippen LogP contribution is -2.08. The number of hydrogen-bond donors (Lipinski definition) is 1. The average Bonchev–Trinajstić information content (AvgIpc) is 2.29. The Balaban J connectivity index is 2.96. The average molecular weight is 209 g/mol. The summed E-state index contributed by atoms with van der Waals surface area (Å²) in [4.78, 5) is 0. The highest BCUT2D eigenvalue weighted by Crippen LogP contribution is 2.30. The minimum absolute atomic E-state index is 0.0644. The second-order valence-corrected chi connectivity index (χ2v) is 3.36. The predicted octanol–water partition coefficient (Wildman–Crippen LogP) is 2.50. The van der Waals surface area contributed by atoms with Gasteiger partial charge >= 0.3 is 0 Å². The molecule has 0 aliphatic rings. The van der Waals surface area contributed by atoms with Crippen molar-refractivity contribution < 1.29 is 9.47 Å². The normalized spacial score (nSPS) is 12.3. The zero-order valence-corrected chi connectivity index (χ0v) is 9.62. The van der Waals surface area contributed by atoms with Gasteiger partial charge in [0, 0.05) is 6.04 Å². The zero-order valence-electron chi connectivity index (χ0n) is 9.62. The lowest BCUT2D eigenvalue weighted by atomic mass is 10.1. The fraction of sp³-hybridized carbons (Fsp3) is 0.500. The van der Waals surface area contributed by atoms with Crippen molar-refractivity contribution in [2.75, 3.05) is 13.7 Å². The molecule has 0 aliphatic heterocycles. The molecule has 0 amide bonds. The summed E-state index contributed by atoms with van der Waals surface area (Å²) >= 11 is 0. The number of benzene rings is 1. The number of nitrogens with two attached hydrogens (primary N) is 1. The van der Waals surface area contributed by atoms with Crippen LogP contribution in [0.1, 0.15) is 31.9 Å². The molecule has 15 heavy (non-hydrogen) atoms. The van der Waals surface area contributed by atoms with E-state index in [-0.39, 0.29) is 6.04 Å². The summed E-state index contributed by atoms with van der Waals surface area (Å²) in [6.07, 6.45) is 0.914. The fourth-order valence-electron chi connectivity index (χ4n) is 1.43. The van der Waals surface area contributed by atoms with Crippen molar-refractivity contribution in [2.24, 2.45) is 5.73 Å². The standard InChI is InChI=1S/C12H19NO2/c1-4-10(13)9-6-7-11(15-5-2)12(8-9)14-3/h6-8,10H,4-5,13H2,1-3H3/t10-/m1/s1. The molecular formula is C12H19NO2. The first kappa shape index (κ1) is 11.9. The van der Waals surface area contributed by atoms with Crippen molar-refractivity contribution in [3.05, 3.63) is 23.8 Å². The monoisotopic (exact) mass is 209 g/mol. The highest BCUT2D eigenvalue weighted by molar-refractivity contribution is 5.43. The lowest BCUT2D eigenvalue weighted by Gasteiger charge is -2.14. The van der Waals surface area contributed by atoms with Gasteiger partial charge in [-0.1, -0.05) is 13.0 Å². The molecule has 1 aromatic carbocycles. The number of ether oxygens (including phenoxy) is 2. The van der Waals surface area contributed by atoms with Crippen LogP contribution in [0.4, 0.5) is 0 Å². The summed E-state index contributed by atoms with van der Waals surface area (Å²) in [5.41, 5.74) is 7.03. The molecule has 0 spiro atoms. The lowest BCUT2D eigenvalue weighted by molar-refractivity contribution is 0.310. The Bertz CT molecular complexity index is 312. The number of rotatable bonds is 5. The van der Waals surface area contributed by atoms with Crippen molar-refractivity contribution >= 4 is 0 Å². The quantitative estimate of drug-likeness (QED) is 0.810. The van der Waals surface area contributed by atoms with Crippen LogP contribution in [0.2, 0.25) is 0 Å². The smallest absolute Gasteiger partial charge is 0.161 e. The number of hydrogen-bond acceptors (Lipinski definition) is 3. The Kier molecular flexibility index (Phi) is 4.43. The van der Waals surface area contributed by atoms with Gasteiger partial charge in [-0.3, -0.25) is 0 Å². The van der Waals surface area contributed by atoms with Crippen LogP contribution >= 0.6 is 0 Å². The summed E-state index contributed by atoms with van der Waals surface area (Å²) < 4.78 is 10.7. The highest BCUT2D eigenvalue weighted by Gasteiger charge is 2.08. The highest BCUT2D eigenvalue weighted by atomic mass is 16.5. The maximum absolute atomic E-state index is 5.95. The van der Waals surface area contributed by atoms with Crippen molar-refractivity contribution in [2.45, 2.75) is 26.3 Å². The minimum atomic E-state index is 0.0644. The van der Waals surface area contributed by atoms with E-state index in [1.54, 1.807) is 7.11 Å². The molecule has 0 saturated carbocycles. The third-order valence-corrected chi connectivity index (χ3v) is 2.36. The van der Waals surface area contributed by atoms with Gasteiger partial charge in [0.05, 0.1) is 13.7 Å². The van der Waals surface area contributed by atoms with Gasteiger partial charge in [-0.15, -0.1) is 0 Å². The van der Waals surface area contributed by atoms with Crippen molar-refractivity contribution in [1.82, 2.24) is 0 Å². The van der Waals surface area contributed by atoms with Crippen LogP contribution in [-0.2, 0) is 0 Å². The van der Waals surface area contributed by atoms with Crippen molar-refractivity contribution in [3.63, 3.8) is 0 Å². The van der Waals surface area contributed by atoms with Crippen LogP contribution in [0, 0.1) is 0 Å². The number of methoxy groups -OCH3 is 1. The summed E-state index contributed by atoms with van der Waals surface area (Å²) in [5, 5.41) is 0. The van der Waals surface area contributed by atoms with E-state index >= 15 is 0 Å². The third kappa shape index (κ3) is 2.86. The Morgan fingerprint density at radius 2 is 2.00 bits per heavy atom. The van der Waals surface area contributed by atoms with Crippen LogP contribution in [0.15, 0.2) is 18.2 Å². The molecule has 0 heterocycles. The van der Waals surface area contributed by atoms with Crippen LogP contribution < -0.4 is 15.2 Å². The first-order valence-electron chi connectivity index (χ1n) is 5.29. The molecule has 1 atom stereocenters. The third-order valence-electron chi connectivity index (χ3n) is 2.36. The molecule has 0 aromatic heterocycles. The van der Waals surface area contributed by atoms with E-state index in [1.165, 1.54) is 0 Å². The van der Waals surface area contributed by atoms with E-state index in [4.69, 9.17) is 15.2 Å². The van der Waals surface area contributed by atoms with Gasteiger partial charge in [0.2, 0.25) is 0 Å². The van der Waals surface area contributed by atoms with Crippen LogP contribution in [-0.4, -0.2) is 13.7 Å². The Morgan fingerprint density at radius 3 is 2.53 bits per heavy atom. The molecule has 0 fully saturated rings. The Morgan fingerprint density at radius 1 is 1.27 bits per heavy atom. The molecule has 3 heteroatoms. The van der Waals surface area contributed by atoms with Crippen LogP contribution in [0.3, 0.4) is 0 Å². The first-order chi connectivity index (χ1) is 7.22. The molecular weight excluding hydrogens is 190 g/mol. The topological polar surface area (TPSA) is 44.5 Å². The van der Waals surface area contributed by atoms with E-state index in [9.17, 15) is 0 Å². The first-order valence-corrected chi connectivity index (χ1v) is 5.29. The molecule has 3 nitrogen and oxygen atoms in total. The van der Waals surface area contributed by atoms with Gasteiger partial charge < -0.3 is 15.2 Å². The molecule has 1 aromatic rings. The summed E-state index contributed by atoms with van der Waals surface area (Å²) in [5.74, 6) is 1.52. The predicted molar refractivity (Wildman–Crippen MR) is 61.4 cm³/mol. The second-order valence-electron chi connectivity index (χ2n) is 3.36. The molecule has 1 rings (SSSR count). The zero-order chi connectivity index (χ0) is 11.3. The van der Waals surface area contributed by atoms with E-state index in [0.717, 1.165) is 23.5 Å². The van der Waals surface area contributed by atoms with Gasteiger partial charge in [0.1, 0.15) is 0 Å². The van der Waals surface area contributed by atoms with E-state index < -0.39 is 0 Å². The second kappa shape index (κ2) is 5.61. The summed E-state index contributed by atoms with van der Waals surface area (Å²) in [6, 6.07) is 5.91. The molecule has 2 N–H and O–H groups in total. The van der Waals surface area contributed by atoms with Gasteiger partial charge in [-0.2, -0.15) is 0 Å². The molecule has 0 saturated heterocycles. The van der Waals surface area contributed by atoms with Gasteiger partial charge in [-0.25, -0.2) is 0 Å². The van der Waals surface area contributed by atoms with Gasteiger partial charge in [0.15, 0.2) is 11.5 Å². The minimum Gasteiger partial charge on any atom is -0.493 e. The molecule has 0 unspecified atom stereocenters. The SMILES string of the molecule is CCOc1ccc([C@H](N)CC)cc1OC. The summed E-state index contributed by atoms with van der Waals surface area (Å²) in [6.45, 7) is 4.65. The largest absolute Gasteiger partial charge is 0.493 e. The van der Waals surface area contributed by atoms with E-state index in [2.05, 4.69) is 6.92 Å². The molecule has 84 valence electrons. The molecule has 0 radical (unpaired) electrons. The Labute approximate surface area is 91.2 Å². The van der Waals surface area contributed by atoms with Crippen molar-refractivity contribution in [1.29, 1.82) is 0 Å². The van der Waals surface area contributed by atoms with Gasteiger partial charge in [0.25, 0.3) is 0 Å². The van der Waals surface area contributed by atoms with Crippen LogP contribution in [0.25, 0.3) is 0 Å². The molecule has 0 aliphatic carbocycles. The maximum atomic E-state index is 5.95. The maximum Gasteiger partial charge on any atom is 0.161 e. The Hall–Kier alpha value is -1.22.